The first-order valence-electron chi connectivity index (χ1n) is 8.48. The van der Waals surface area contributed by atoms with E-state index in [0.29, 0.717) is 26.7 Å². The number of hydrogen-bond acceptors (Lipinski definition) is 6. The minimum Gasteiger partial charge on any atom is -0.497 e. The minimum absolute atomic E-state index is 0.175. The number of rotatable bonds is 3. The Balaban J connectivity index is 1.58. The van der Waals surface area contributed by atoms with E-state index in [-0.39, 0.29) is 5.56 Å². The Kier molecular flexibility index (Phi) is 3.43. The van der Waals surface area contributed by atoms with Crippen LogP contribution in [0.2, 0.25) is 0 Å². The summed E-state index contributed by atoms with van der Waals surface area (Å²) in [5.74, 6) is 0.676. The van der Waals surface area contributed by atoms with Crippen LogP contribution in [0.1, 0.15) is 17.5 Å². The van der Waals surface area contributed by atoms with Gasteiger partial charge in [0.1, 0.15) is 5.75 Å². The van der Waals surface area contributed by atoms with Crippen LogP contribution in [-0.4, -0.2) is 21.7 Å². The molecule has 0 fully saturated rings. The molecule has 0 saturated heterocycles. The molecule has 4 aromatic rings. The second-order valence-electron chi connectivity index (χ2n) is 6.36. The molecule has 1 N–H and O–H groups in total. The van der Waals surface area contributed by atoms with Gasteiger partial charge in [0.05, 0.1) is 18.0 Å². The van der Waals surface area contributed by atoms with E-state index in [1.165, 1.54) is 33.4 Å². The molecule has 0 atom stereocenters. The zero-order valence-corrected chi connectivity index (χ0v) is 15.0. The SMILES string of the molecule is COc1ccc2c(=O)n3nc(Nc4ccc5c(c4)CCC5)sc3nc2c1. The molecule has 130 valence electrons. The smallest absolute Gasteiger partial charge is 0.283 e. The van der Waals surface area contributed by atoms with Gasteiger partial charge in [0, 0.05) is 11.8 Å². The van der Waals surface area contributed by atoms with Crippen molar-refractivity contribution in [1.82, 2.24) is 14.6 Å². The van der Waals surface area contributed by atoms with E-state index in [0.717, 1.165) is 18.5 Å². The molecular formula is C19H16N4O2S. The first-order chi connectivity index (χ1) is 12.7. The lowest BCUT2D eigenvalue weighted by Gasteiger charge is -2.04. The number of nitrogens with one attached hydrogen (secondary N) is 1. The Morgan fingerprint density at radius 2 is 2.04 bits per heavy atom. The van der Waals surface area contributed by atoms with Crippen molar-refractivity contribution in [3.05, 3.63) is 57.9 Å². The summed E-state index contributed by atoms with van der Waals surface area (Å²) >= 11 is 1.36. The van der Waals surface area contributed by atoms with Crippen molar-refractivity contribution in [2.24, 2.45) is 0 Å². The first kappa shape index (κ1) is 15.3. The van der Waals surface area contributed by atoms with Crippen LogP contribution in [0, 0.1) is 0 Å². The van der Waals surface area contributed by atoms with Crippen molar-refractivity contribution in [3.63, 3.8) is 0 Å². The van der Waals surface area contributed by atoms with E-state index < -0.39 is 0 Å². The van der Waals surface area contributed by atoms with Crippen LogP contribution in [0.3, 0.4) is 0 Å². The van der Waals surface area contributed by atoms with Crippen molar-refractivity contribution in [1.29, 1.82) is 0 Å². The second kappa shape index (κ2) is 5.81. The average molecular weight is 364 g/mol. The molecule has 1 aliphatic carbocycles. The fraction of sp³-hybridized carbons (Fsp3) is 0.211. The topological polar surface area (TPSA) is 68.5 Å². The summed E-state index contributed by atoms with van der Waals surface area (Å²) in [6.07, 6.45) is 3.50. The Labute approximate surface area is 153 Å². The van der Waals surface area contributed by atoms with Crippen molar-refractivity contribution < 1.29 is 4.74 Å². The third-order valence-electron chi connectivity index (χ3n) is 4.75. The summed E-state index contributed by atoms with van der Waals surface area (Å²) in [4.78, 5) is 17.8. The van der Waals surface area contributed by atoms with Gasteiger partial charge in [0.25, 0.3) is 5.56 Å². The minimum atomic E-state index is -0.175. The highest BCUT2D eigenvalue weighted by atomic mass is 32.1. The van der Waals surface area contributed by atoms with E-state index in [2.05, 4.69) is 33.6 Å². The second-order valence-corrected chi connectivity index (χ2v) is 7.32. The standard InChI is InChI=1S/C19H16N4O2S/c1-25-14-7-8-15-16(10-14)21-19-23(17(15)24)22-18(26-19)20-13-6-5-11-3-2-4-12(11)9-13/h5-10H,2-4H2,1H3,(H,20,22). The average Bonchev–Trinajstić information content (AvgIpc) is 3.27. The van der Waals surface area contributed by atoms with E-state index in [9.17, 15) is 4.79 Å². The fourth-order valence-electron chi connectivity index (χ4n) is 3.44. The van der Waals surface area contributed by atoms with Crippen LogP contribution in [-0.2, 0) is 12.8 Å². The maximum atomic E-state index is 12.7. The number of ether oxygens (including phenoxy) is 1. The molecular weight excluding hydrogens is 348 g/mol. The molecule has 0 bridgehead atoms. The highest BCUT2D eigenvalue weighted by molar-refractivity contribution is 7.20. The van der Waals surface area contributed by atoms with Crippen molar-refractivity contribution in [2.75, 3.05) is 12.4 Å². The van der Waals surface area contributed by atoms with Gasteiger partial charge in [-0.05, 0) is 54.7 Å². The molecule has 5 rings (SSSR count). The first-order valence-corrected chi connectivity index (χ1v) is 9.29. The van der Waals surface area contributed by atoms with Gasteiger partial charge in [0.2, 0.25) is 10.1 Å². The zero-order chi connectivity index (χ0) is 17.7. The Morgan fingerprint density at radius 1 is 1.15 bits per heavy atom. The molecule has 0 spiro atoms. The van der Waals surface area contributed by atoms with Gasteiger partial charge in [-0.2, -0.15) is 4.52 Å². The van der Waals surface area contributed by atoms with Gasteiger partial charge in [-0.3, -0.25) is 4.79 Å². The van der Waals surface area contributed by atoms with E-state index >= 15 is 0 Å². The molecule has 26 heavy (non-hydrogen) atoms. The van der Waals surface area contributed by atoms with Crippen LogP contribution < -0.4 is 15.6 Å². The van der Waals surface area contributed by atoms with Crippen LogP contribution in [0.15, 0.2) is 41.2 Å². The molecule has 2 aromatic carbocycles. The third kappa shape index (κ3) is 2.43. The van der Waals surface area contributed by atoms with Gasteiger partial charge < -0.3 is 10.1 Å². The number of aromatic nitrogens is 3. The largest absolute Gasteiger partial charge is 0.497 e. The number of benzene rings is 2. The van der Waals surface area contributed by atoms with Crippen molar-refractivity contribution in [2.45, 2.75) is 19.3 Å². The van der Waals surface area contributed by atoms with Crippen LogP contribution in [0.5, 0.6) is 5.75 Å². The molecule has 0 radical (unpaired) electrons. The number of aryl methyl sites for hydroxylation is 2. The normalized spacial score (nSPS) is 13.3. The van der Waals surface area contributed by atoms with Gasteiger partial charge >= 0.3 is 0 Å². The summed E-state index contributed by atoms with van der Waals surface area (Å²) in [5.41, 5.74) is 4.25. The quantitative estimate of drug-likeness (QED) is 0.602. The van der Waals surface area contributed by atoms with Gasteiger partial charge in [-0.25, -0.2) is 4.98 Å². The van der Waals surface area contributed by atoms with Gasteiger partial charge in [-0.1, -0.05) is 17.4 Å². The maximum absolute atomic E-state index is 12.7. The summed E-state index contributed by atoms with van der Waals surface area (Å²) in [5, 5.41) is 8.90. The van der Waals surface area contributed by atoms with E-state index in [1.807, 2.05) is 0 Å². The van der Waals surface area contributed by atoms with E-state index in [1.54, 1.807) is 25.3 Å². The maximum Gasteiger partial charge on any atom is 0.283 e. The van der Waals surface area contributed by atoms with Crippen LogP contribution in [0.4, 0.5) is 10.8 Å². The fourth-order valence-corrected chi connectivity index (χ4v) is 4.26. The van der Waals surface area contributed by atoms with E-state index in [4.69, 9.17) is 4.74 Å². The monoisotopic (exact) mass is 364 g/mol. The molecule has 0 aliphatic heterocycles. The molecule has 2 aromatic heterocycles. The predicted octanol–water partition coefficient (Wildman–Crippen LogP) is 3.55. The number of nitrogens with zero attached hydrogens (tertiary/aromatic N) is 3. The molecule has 0 amide bonds. The predicted molar refractivity (Wildman–Crippen MR) is 103 cm³/mol. The highest BCUT2D eigenvalue weighted by Gasteiger charge is 2.14. The summed E-state index contributed by atoms with van der Waals surface area (Å²) in [6.45, 7) is 0. The molecule has 0 unspecified atom stereocenters. The molecule has 0 saturated carbocycles. The number of anilines is 2. The molecule has 2 heterocycles. The number of methoxy groups -OCH3 is 1. The molecule has 1 aliphatic rings. The Bertz CT molecular complexity index is 1210. The third-order valence-corrected chi connectivity index (χ3v) is 5.58. The van der Waals surface area contributed by atoms with Crippen LogP contribution >= 0.6 is 11.3 Å². The summed E-state index contributed by atoms with van der Waals surface area (Å²) < 4.78 is 6.58. The number of fused-ring (bicyclic) bond motifs is 3. The lowest BCUT2D eigenvalue weighted by atomic mass is 10.1. The van der Waals surface area contributed by atoms with Crippen molar-refractivity contribution in [3.8, 4) is 5.75 Å². The van der Waals surface area contributed by atoms with Crippen LogP contribution in [0.25, 0.3) is 15.9 Å². The van der Waals surface area contributed by atoms with Crippen molar-refractivity contribution >= 4 is 38.0 Å². The Morgan fingerprint density at radius 3 is 2.92 bits per heavy atom. The molecule has 6 nitrogen and oxygen atoms in total. The summed E-state index contributed by atoms with van der Waals surface area (Å²) in [6, 6.07) is 11.7. The van der Waals surface area contributed by atoms with Gasteiger partial charge in [0.15, 0.2) is 0 Å². The molecule has 7 heteroatoms. The lowest BCUT2D eigenvalue weighted by Crippen LogP contribution is -2.15. The Hall–Kier alpha value is -2.93. The lowest BCUT2D eigenvalue weighted by molar-refractivity contribution is 0.415. The highest BCUT2D eigenvalue weighted by Crippen LogP contribution is 2.28. The number of hydrogen-bond donors (Lipinski definition) is 1. The summed E-state index contributed by atoms with van der Waals surface area (Å²) in [7, 11) is 1.60. The van der Waals surface area contributed by atoms with Gasteiger partial charge in [-0.15, -0.1) is 5.10 Å². The zero-order valence-electron chi connectivity index (χ0n) is 14.2.